The zero-order valence-corrected chi connectivity index (χ0v) is 15.3. The van der Waals surface area contributed by atoms with Gasteiger partial charge in [-0.2, -0.15) is 0 Å². The Kier molecular flexibility index (Phi) is 4.81. The van der Waals surface area contributed by atoms with Crippen molar-refractivity contribution >= 4 is 28.9 Å². The van der Waals surface area contributed by atoms with Crippen LogP contribution in [0.3, 0.4) is 0 Å². The Balaban J connectivity index is 2.38. The molecule has 0 saturated carbocycles. The first-order valence-electron chi connectivity index (χ1n) is 7.34. The van der Waals surface area contributed by atoms with E-state index >= 15 is 0 Å². The van der Waals surface area contributed by atoms with E-state index in [1.54, 1.807) is 0 Å². The second kappa shape index (κ2) is 7.00. The van der Waals surface area contributed by atoms with Crippen LogP contribution in [0.1, 0.15) is 16.7 Å². The van der Waals surface area contributed by atoms with Crippen molar-refractivity contribution in [1.29, 1.82) is 0 Å². The van der Waals surface area contributed by atoms with Gasteiger partial charge in [-0.1, -0.05) is 0 Å². The normalized spacial score (nSPS) is 11.0. The topological polar surface area (TPSA) is 26.3 Å². The fourth-order valence-electron chi connectivity index (χ4n) is 2.99. The maximum absolute atomic E-state index is 13.0. The molecule has 23 heavy (non-hydrogen) atoms. The van der Waals surface area contributed by atoms with Crippen molar-refractivity contribution in [2.45, 2.75) is 5.41 Å². The summed E-state index contributed by atoms with van der Waals surface area (Å²) in [6, 6.07) is 29.4. The first kappa shape index (κ1) is 15.8. The molecule has 0 heterocycles. The molecule has 0 amide bonds. The van der Waals surface area contributed by atoms with Gasteiger partial charge in [0.15, 0.2) is 0 Å². The molecular weight excluding hydrogens is 391 g/mol. The van der Waals surface area contributed by atoms with Gasteiger partial charge in [-0.3, -0.25) is 0 Å². The second-order valence-corrected chi connectivity index (χ2v) is 5.82. The molecule has 0 spiro atoms. The predicted molar refractivity (Wildman–Crippen MR) is 91.1 cm³/mol. The van der Waals surface area contributed by atoms with E-state index in [0.29, 0.717) is 0 Å². The summed E-state index contributed by atoms with van der Waals surface area (Å²) in [6.07, 6.45) is 0. The summed E-state index contributed by atoms with van der Waals surface area (Å²) in [4.78, 5) is 13.0. The van der Waals surface area contributed by atoms with E-state index in [-0.39, 0.29) is 5.97 Å². The Labute approximate surface area is 149 Å². The Hall–Kier alpha value is -2.07. The molecule has 0 radical (unpaired) electrons. The summed E-state index contributed by atoms with van der Waals surface area (Å²) >= 11 is 0.737. The molecular formula is C20H15O2Sn+3. The number of hydrogen-bond donors (Lipinski definition) is 0. The van der Waals surface area contributed by atoms with Crippen LogP contribution in [0, 0.1) is 0 Å². The third-order valence-corrected chi connectivity index (χ3v) is 4.55. The van der Waals surface area contributed by atoms with Crippen molar-refractivity contribution in [3.63, 3.8) is 0 Å². The van der Waals surface area contributed by atoms with Crippen LogP contribution in [0.15, 0.2) is 91.0 Å². The molecule has 0 unspecified atom stereocenters. The van der Waals surface area contributed by atoms with Gasteiger partial charge in [0.1, 0.15) is 0 Å². The van der Waals surface area contributed by atoms with Crippen LogP contribution in [0.5, 0.6) is 0 Å². The number of rotatable bonds is 4. The van der Waals surface area contributed by atoms with E-state index in [9.17, 15) is 4.79 Å². The molecule has 0 bridgehead atoms. The molecule has 0 aromatic heterocycles. The van der Waals surface area contributed by atoms with Gasteiger partial charge in [0, 0.05) is 0 Å². The fraction of sp³-hybridized carbons (Fsp3) is 0.0500. The van der Waals surface area contributed by atoms with E-state index in [1.165, 1.54) is 0 Å². The predicted octanol–water partition coefficient (Wildman–Crippen LogP) is 3.65. The Bertz CT molecular complexity index is 674. The Morgan fingerprint density at radius 2 is 0.957 bits per heavy atom. The minimum atomic E-state index is -0.951. The van der Waals surface area contributed by atoms with E-state index in [4.69, 9.17) is 3.07 Å². The van der Waals surface area contributed by atoms with Crippen LogP contribution in [-0.2, 0) is 13.3 Å². The summed E-state index contributed by atoms with van der Waals surface area (Å²) in [6.45, 7) is 0. The quantitative estimate of drug-likeness (QED) is 0.489. The van der Waals surface area contributed by atoms with Crippen LogP contribution in [0.2, 0.25) is 0 Å². The summed E-state index contributed by atoms with van der Waals surface area (Å²) in [5.74, 6) is -0.251. The summed E-state index contributed by atoms with van der Waals surface area (Å²) in [5, 5.41) is 0. The molecule has 0 N–H and O–H groups in total. The fourth-order valence-corrected chi connectivity index (χ4v) is 3.43. The molecule has 0 aliphatic heterocycles. The van der Waals surface area contributed by atoms with E-state index in [0.717, 1.165) is 39.6 Å². The van der Waals surface area contributed by atoms with Gasteiger partial charge in [-0.15, -0.1) is 0 Å². The zero-order valence-electron chi connectivity index (χ0n) is 12.5. The monoisotopic (exact) mass is 407 g/mol. The average Bonchev–Trinajstić information content (AvgIpc) is 2.65. The second-order valence-electron chi connectivity index (χ2n) is 5.24. The van der Waals surface area contributed by atoms with Gasteiger partial charge >= 0.3 is 150 Å². The Morgan fingerprint density at radius 1 is 0.652 bits per heavy atom. The van der Waals surface area contributed by atoms with Gasteiger partial charge < -0.3 is 0 Å². The molecule has 0 aliphatic rings. The van der Waals surface area contributed by atoms with Crippen molar-refractivity contribution in [3.05, 3.63) is 108 Å². The molecule has 0 saturated heterocycles. The first-order valence-corrected chi connectivity index (χ1v) is 8.51. The molecule has 3 heteroatoms. The van der Waals surface area contributed by atoms with Gasteiger partial charge in [-0.05, 0) is 0 Å². The molecule has 0 atom stereocenters. The molecule has 108 valence electrons. The third-order valence-electron chi connectivity index (χ3n) is 4.02. The first-order chi connectivity index (χ1) is 11.3. The van der Waals surface area contributed by atoms with E-state index < -0.39 is 5.41 Å². The van der Waals surface area contributed by atoms with Gasteiger partial charge in [-0.25, -0.2) is 0 Å². The maximum atomic E-state index is 13.0. The van der Waals surface area contributed by atoms with Crippen molar-refractivity contribution in [3.8, 4) is 0 Å². The molecule has 0 fully saturated rings. The molecule has 3 aromatic rings. The number of hydrogen-bond acceptors (Lipinski definition) is 2. The average molecular weight is 406 g/mol. The molecule has 0 aliphatic carbocycles. The van der Waals surface area contributed by atoms with Crippen molar-refractivity contribution in [1.82, 2.24) is 0 Å². The van der Waals surface area contributed by atoms with Crippen molar-refractivity contribution in [2.75, 3.05) is 0 Å². The minimum absolute atomic E-state index is 0.251. The van der Waals surface area contributed by atoms with Gasteiger partial charge in [0.05, 0.1) is 0 Å². The Morgan fingerprint density at radius 3 is 1.22 bits per heavy atom. The summed E-state index contributed by atoms with van der Waals surface area (Å²) < 4.78 is 5.33. The molecule has 3 rings (SSSR count). The van der Waals surface area contributed by atoms with Crippen LogP contribution < -0.4 is 0 Å². The third kappa shape index (κ3) is 2.79. The van der Waals surface area contributed by atoms with Crippen LogP contribution in [-0.4, -0.2) is 28.9 Å². The van der Waals surface area contributed by atoms with E-state index in [2.05, 4.69) is 0 Å². The van der Waals surface area contributed by atoms with Crippen molar-refractivity contribution in [2.24, 2.45) is 0 Å². The molecule has 2 nitrogen and oxygen atoms in total. The molecule has 3 aromatic carbocycles. The SMILES string of the molecule is O=C([O][Sn+3])C(c1ccccc1)(c1ccccc1)c1ccccc1. The zero-order chi connectivity index (χ0) is 16.1. The number of carbonyl (C=O) groups is 1. The van der Waals surface area contributed by atoms with Crippen LogP contribution in [0.25, 0.3) is 0 Å². The number of carbonyl (C=O) groups excluding carboxylic acids is 1. The van der Waals surface area contributed by atoms with Crippen LogP contribution in [0.4, 0.5) is 0 Å². The van der Waals surface area contributed by atoms with Crippen LogP contribution >= 0.6 is 0 Å². The van der Waals surface area contributed by atoms with Gasteiger partial charge in [0.25, 0.3) is 0 Å². The summed E-state index contributed by atoms with van der Waals surface area (Å²) in [7, 11) is 0. The number of benzene rings is 3. The van der Waals surface area contributed by atoms with Gasteiger partial charge in [0.2, 0.25) is 0 Å². The van der Waals surface area contributed by atoms with E-state index in [1.807, 2.05) is 91.0 Å². The van der Waals surface area contributed by atoms with Crippen molar-refractivity contribution < 1.29 is 7.87 Å². The summed E-state index contributed by atoms with van der Waals surface area (Å²) in [5.41, 5.74) is 1.77. The standard InChI is InChI=1S/C20H16O2.Sn/c21-19(22)20(16-10-4-1-5-11-16,17-12-6-2-7-13-17)18-14-8-3-9-15-18;/h1-15H,(H,21,22);/q;+4/p-1.